The molecule has 1 N–H and O–H groups in total. The Morgan fingerprint density at radius 1 is 1.30 bits per heavy atom. The van der Waals surface area contributed by atoms with Crippen molar-refractivity contribution < 1.29 is 4.42 Å². The Morgan fingerprint density at radius 2 is 2.15 bits per heavy atom. The molecule has 1 aliphatic carbocycles. The van der Waals surface area contributed by atoms with Crippen molar-refractivity contribution in [3.8, 4) is 0 Å². The first-order valence-electron chi connectivity index (χ1n) is 7.10. The molecule has 0 unspecified atom stereocenters. The van der Waals surface area contributed by atoms with Crippen molar-refractivity contribution in [1.82, 2.24) is 15.5 Å². The van der Waals surface area contributed by atoms with E-state index in [4.69, 9.17) is 4.42 Å². The van der Waals surface area contributed by atoms with Gasteiger partial charge < -0.3 is 9.73 Å². The number of hydrogen-bond acceptors (Lipinski definition) is 5. The lowest BCUT2D eigenvalue weighted by atomic mass is 10.2. The zero-order valence-corrected chi connectivity index (χ0v) is 12.4. The number of hydrogen-bond donors (Lipinski definition) is 1. The van der Waals surface area contributed by atoms with Crippen LogP contribution in [0, 0.1) is 0 Å². The molecule has 0 atom stereocenters. The molecule has 2 aromatic rings. The zero-order valence-electron chi connectivity index (χ0n) is 11.6. The van der Waals surface area contributed by atoms with Gasteiger partial charge in [0.05, 0.1) is 5.75 Å². The topological polar surface area (TPSA) is 51.0 Å². The van der Waals surface area contributed by atoms with Crippen LogP contribution in [0.25, 0.3) is 0 Å². The summed E-state index contributed by atoms with van der Waals surface area (Å²) in [7, 11) is 0. The molecule has 1 saturated carbocycles. The molecule has 1 fully saturated rings. The van der Waals surface area contributed by atoms with Gasteiger partial charge in [0, 0.05) is 23.9 Å². The van der Waals surface area contributed by atoms with Gasteiger partial charge in [0.15, 0.2) is 0 Å². The molecule has 4 nitrogen and oxygen atoms in total. The maximum absolute atomic E-state index is 5.52. The van der Waals surface area contributed by atoms with E-state index < -0.39 is 0 Å². The van der Waals surface area contributed by atoms with Crippen molar-refractivity contribution in [2.24, 2.45) is 0 Å². The fourth-order valence-corrected chi connectivity index (χ4v) is 2.75. The molecule has 0 radical (unpaired) electrons. The Morgan fingerprint density at radius 3 is 2.90 bits per heavy atom. The second-order valence-electron chi connectivity index (χ2n) is 5.03. The third-order valence-corrected chi connectivity index (χ3v) is 4.22. The maximum atomic E-state index is 5.52. The lowest BCUT2D eigenvalue weighted by molar-refractivity contribution is 0.470. The fourth-order valence-electron chi connectivity index (χ4n) is 1.93. The summed E-state index contributed by atoms with van der Waals surface area (Å²) in [5.74, 6) is 2.14. The summed E-state index contributed by atoms with van der Waals surface area (Å²) in [5.41, 5.74) is 1.33. The smallest absolute Gasteiger partial charge is 0.226 e. The van der Waals surface area contributed by atoms with Crippen LogP contribution in [0.1, 0.15) is 37.1 Å². The minimum absolute atomic E-state index is 0.702. The monoisotopic (exact) mass is 289 g/mol. The number of benzene rings is 1. The highest BCUT2D eigenvalue weighted by Gasteiger charge is 2.19. The largest absolute Gasteiger partial charge is 0.424 e. The van der Waals surface area contributed by atoms with Gasteiger partial charge in [-0.1, -0.05) is 19.1 Å². The normalized spacial score (nSPS) is 14.7. The van der Waals surface area contributed by atoms with Crippen molar-refractivity contribution in [2.75, 3.05) is 0 Å². The van der Waals surface area contributed by atoms with Crippen LogP contribution in [-0.2, 0) is 18.7 Å². The molecule has 0 saturated heterocycles. The number of nitrogens with one attached hydrogen (secondary N) is 1. The highest BCUT2D eigenvalue weighted by atomic mass is 32.2. The predicted octanol–water partition coefficient (Wildman–Crippen LogP) is 3.18. The summed E-state index contributed by atoms with van der Waals surface area (Å²) in [6.07, 6.45) is 3.44. The van der Waals surface area contributed by atoms with Gasteiger partial charge in [0.1, 0.15) is 0 Å². The quantitative estimate of drug-likeness (QED) is 0.793. The highest BCUT2D eigenvalue weighted by Crippen LogP contribution is 2.24. The van der Waals surface area contributed by atoms with E-state index in [9.17, 15) is 0 Å². The number of thioether (sulfide) groups is 1. The first-order chi connectivity index (χ1) is 9.83. The molecule has 1 aliphatic rings. The van der Waals surface area contributed by atoms with Crippen molar-refractivity contribution >= 4 is 11.8 Å². The van der Waals surface area contributed by atoms with Crippen LogP contribution in [0.2, 0.25) is 0 Å². The third-order valence-electron chi connectivity index (χ3n) is 3.24. The van der Waals surface area contributed by atoms with Crippen LogP contribution in [0.3, 0.4) is 0 Å². The Hall–Kier alpha value is -1.33. The lowest BCUT2D eigenvalue weighted by Crippen LogP contribution is -2.15. The molecule has 0 bridgehead atoms. The van der Waals surface area contributed by atoms with Crippen molar-refractivity contribution in [3.05, 3.63) is 41.6 Å². The van der Waals surface area contributed by atoms with Crippen LogP contribution in [0.4, 0.5) is 0 Å². The first kappa shape index (κ1) is 13.6. The minimum Gasteiger partial charge on any atom is -0.424 e. The van der Waals surface area contributed by atoms with E-state index in [1.54, 1.807) is 11.8 Å². The molecule has 20 heavy (non-hydrogen) atoms. The molecule has 106 valence electrons. The van der Waals surface area contributed by atoms with Gasteiger partial charge in [-0.15, -0.1) is 22.0 Å². The van der Waals surface area contributed by atoms with E-state index in [2.05, 4.69) is 39.8 Å². The second kappa shape index (κ2) is 6.41. The van der Waals surface area contributed by atoms with Crippen molar-refractivity contribution in [2.45, 2.75) is 49.4 Å². The van der Waals surface area contributed by atoms with E-state index >= 15 is 0 Å². The first-order valence-corrected chi connectivity index (χ1v) is 8.08. The van der Waals surface area contributed by atoms with Gasteiger partial charge in [-0.25, -0.2) is 0 Å². The summed E-state index contributed by atoms with van der Waals surface area (Å²) in [4.78, 5) is 1.25. The third kappa shape index (κ3) is 3.84. The van der Waals surface area contributed by atoms with Gasteiger partial charge in [-0.2, -0.15) is 0 Å². The van der Waals surface area contributed by atoms with E-state index in [1.165, 1.54) is 23.3 Å². The van der Waals surface area contributed by atoms with Crippen LogP contribution in [0.15, 0.2) is 33.6 Å². The molecular weight excluding hydrogens is 270 g/mol. The minimum atomic E-state index is 0.702. The molecule has 5 heteroatoms. The average molecular weight is 289 g/mol. The van der Waals surface area contributed by atoms with E-state index in [-0.39, 0.29) is 0 Å². The van der Waals surface area contributed by atoms with Crippen LogP contribution >= 0.6 is 11.8 Å². The van der Waals surface area contributed by atoms with Crippen LogP contribution in [0.5, 0.6) is 0 Å². The summed E-state index contributed by atoms with van der Waals surface area (Å²) >= 11 is 1.74. The summed E-state index contributed by atoms with van der Waals surface area (Å²) in [6.45, 7) is 2.97. The van der Waals surface area contributed by atoms with Gasteiger partial charge >= 0.3 is 0 Å². The van der Waals surface area contributed by atoms with Gasteiger partial charge in [0.2, 0.25) is 11.8 Å². The molecule has 0 spiro atoms. The predicted molar refractivity (Wildman–Crippen MR) is 79.5 cm³/mol. The lowest BCUT2D eigenvalue weighted by Gasteiger charge is -2.05. The standard InChI is InChI=1S/C15H19N3OS/c1-2-14-17-18-15(19-14)10-20-13-5-3-4-11(8-13)9-16-12-6-7-12/h3-5,8,12,16H,2,6-7,9-10H2,1H3. The number of rotatable bonds is 7. The Bertz CT molecular complexity index is 566. The van der Waals surface area contributed by atoms with Crippen molar-refractivity contribution in [1.29, 1.82) is 0 Å². The molecule has 1 aromatic heterocycles. The summed E-state index contributed by atoms with van der Waals surface area (Å²) in [6, 6.07) is 9.38. The fraction of sp³-hybridized carbons (Fsp3) is 0.467. The number of aromatic nitrogens is 2. The zero-order chi connectivity index (χ0) is 13.8. The van der Waals surface area contributed by atoms with Gasteiger partial charge in [-0.05, 0) is 30.5 Å². The average Bonchev–Trinajstić information content (AvgIpc) is 3.20. The van der Waals surface area contributed by atoms with E-state index in [1.807, 2.05) is 6.92 Å². The van der Waals surface area contributed by atoms with Crippen molar-refractivity contribution in [3.63, 3.8) is 0 Å². The second-order valence-corrected chi connectivity index (χ2v) is 6.08. The Kier molecular flexibility index (Phi) is 4.38. The van der Waals surface area contributed by atoms with Gasteiger partial charge in [-0.3, -0.25) is 0 Å². The van der Waals surface area contributed by atoms with E-state index in [0.29, 0.717) is 11.8 Å². The highest BCUT2D eigenvalue weighted by molar-refractivity contribution is 7.98. The molecule has 0 aliphatic heterocycles. The maximum Gasteiger partial charge on any atom is 0.226 e. The summed E-state index contributed by atoms with van der Waals surface area (Å²) in [5, 5.41) is 11.6. The van der Waals surface area contributed by atoms with E-state index in [0.717, 1.165) is 24.8 Å². The molecule has 1 aromatic carbocycles. The van der Waals surface area contributed by atoms with Crippen LogP contribution < -0.4 is 5.32 Å². The molecule has 3 rings (SSSR count). The van der Waals surface area contributed by atoms with Gasteiger partial charge in [0.25, 0.3) is 0 Å². The summed E-state index contributed by atoms with van der Waals surface area (Å²) < 4.78 is 5.52. The van der Waals surface area contributed by atoms with Crippen LogP contribution in [-0.4, -0.2) is 16.2 Å². The Labute approximate surface area is 123 Å². The Balaban J connectivity index is 1.54. The SMILES string of the molecule is CCc1nnc(CSc2cccc(CNC3CC3)c2)o1. The molecule has 1 heterocycles. The number of aryl methyl sites for hydroxylation is 1. The molecule has 0 amide bonds. The molecular formula is C15H19N3OS. The number of nitrogens with zero attached hydrogens (tertiary/aromatic N) is 2.